The number of hydrogen-bond acceptors (Lipinski definition) is 4. The minimum Gasteiger partial charge on any atom is -0.348 e. The highest BCUT2D eigenvalue weighted by molar-refractivity contribution is 7.17. The Morgan fingerprint density at radius 1 is 1.29 bits per heavy atom. The average molecular weight is 250 g/mol. The number of aldehydes is 1. The maximum absolute atomic E-state index is 10.9. The second-order valence-electron chi connectivity index (χ2n) is 5.36. The average Bonchev–Trinajstić information content (AvgIpc) is 3.21. The summed E-state index contributed by atoms with van der Waals surface area (Å²) in [6, 6.07) is 0. The molecule has 1 aromatic rings. The summed E-state index contributed by atoms with van der Waals surface area (Å²) >= 11 is 1.55. The Kier molecular flexibility index (Phi) is 2.90. The van der Waals surface area contributed by atoms with Crippen molar-refractivity contribution in [2.75, 3.05) is 18.0 Å². The van der Waals surface area contributed by atoms with Crippen molar-refractivity contribution in [2.45, 2.75) is 32.6 Å². The molecule has 2 aliphatic carbocycles. The number of aryl methyl sites for hydroxylation is 1. The Morgan fingerprint density at radius 2 is 1.88 bits per heavy atom. The van der Waals surface area contributed by atoms with E-state index in [0.29, 0.717) is 0 Å². The topological polar surface area (TPSA) is 33.2 Å². The van der Waals surface area contributed by atoms with Gasteiger partial charge in [-0.05, 0) is 44.4 Å². The number of aromatic nitrogens is 1. The van der Waals surface area contributed by atoms with Crippen molar-refractivity contribution in [1.29, 1.82) is 0 Å². The molecule has 3 rings (SSSR count). The van der Waals surface area contributed by atoms with Crippen LogP contribution in [0.2, 0.25) is 0 Å². The smallest absolute Gasteiger partial charge is 0.186 e. The molecule has 3 nitrogen and oxygen atoms in total. The summed E-state index contributed by atoms with van der Waals surface area (Å²) in [5, 5.41) is 1.06. The van der Waals surface area contributed by atoms with Gasteiger partial charge in [0.05, 0.1) is 10.6 Å². The predicted octanol–water partition coefficient (Wildman–Crippen LogP) is 2.89. The summed E-state index contributed by atoms with van der Waals surface area (Å²) in [4.78, 5) is 18.6. The highest BCUT2D eigenvalue weighted by Crippen LogP contribution is 2.37. The monoisotopic (exact) mass is 250 g/mol. The summed E-state index contributed by atoms with van der Waals surface area (Å²) in [5.74, 6) is 1.75. The normalized spacial score (nSPS) is 19.4. The van der Waals surface area contributed by atoms with E-state index in [-0.39, 0.29) is 0 Å². The van der Waals surface area contributed by atoms with Crippen molar-refractivity contribution in [1.82, 2.24) is 4.98 Å². The molecule has 0 spiro atoms. The third-order valence-electron chi connectivity index (χ3n) is 3.55. The van der Waals surface area contributed by atoms with Crippen LogP contribution in [0.25, 0.3) is 0 Å². The Bertz CT molecular complexity index is 407. The zero-order valence-corrected chi connectivity index (χ0v) is 11.0. The molecule has 0 aromatic carbocycles. The standard InChI is InChI=1S/C13H18N2OS/c1-9-12(8-16)17-13(14-9)15(6-10-2-3-10)7-11-4-5-11/h8,10-11H,2-7H2,1H3. The maximum atomic E-state index is 10.9. The second kappa shape index (κ2) is 4.41. The predicted molar refractivity (Wildman–Crippen MR) is 69.9 cm³/mol. The van der Waals surface area contributed by atoms with E-state index in [2.05, 4.69) is 9.88 Å². The van der Waals surface area contributed by atoms with Gasteiger partial charge in [-0.15, -0.1) is 0 Å². The zero-order valence-electron chi connectivity index (χ0n) is 10.2. The van der Waals surface area contributed by atoms with Crippen LogP contribution in [0.1, 0.15) is 41.0 Å². The van der Waals surface area contributed by atoms with E-state index in [1.165, 1.54) is 25.7 Å². The Labute approximate surface area is 106 Å². The molecule has 0 amide bonds. The molecule has 17 heavy (non-hydrogen) atoms. The van der Waals surface area contributed by atoms with Gasteiger partial charge in [-0.25, -0.2) is 4.98 Å². The van der Waals surface area contributed by atoms with Crippen molar-refractivity contribution >= 4 is 22.8 Å². The van der Waals surface area contributed by atoms with Crippen LogP contribution in [-0.4, -0.2) is 24.4 Å². The summed E-state index contributed by atoms with van der Waals surface area (Å²) in [6.45, 7) is 4.21. The molecular weight excluding hydrogens is 232 g/mol. The molecule has 0 aliphatic heterocycles. The SMILES string of the molecule is Cc1nc(N(CC2CC2)CC2CC2)sc1C=O. The van der Waals surface area contributed by atoms with Gasteiger partial charge in [0.15, 0.2) is 11.4 Å². The van der Waals surface area contributed by atoms with Crippen LogP contribution < -0.4 is 4.90 Å². The number of carbonyl (C=O) groups is 1. The van der Waals surface area contributed by atoms with E-state index in [4.69, 9.17) is 0 Å². The van der Waals surface area contributed by atoms with Gasteiger partial charge >= 0.3 is 0 Å². The number of hydrogen-bond donors (Lipinski definition) is 0. The molecule has 0 N–H and O–H groups in total. The van der Waals surface area contributed by atoms with Gasteiger partial charge in [-0.3, -0.25) is 4.79 Å². The van der Waals surface area contributed by atoms with Crippen LogP contribution in [0.4, 0.5) is 5.13 Å². The number of nitrogens with zero attached hydrogens (tertiary/aromatic N) is 2. The van der Waals surface area contributed by atoms with Crippen molar-refractivity contribution in [3.05, 3.63) is 10.6 Å². The quantitative estimate of drug-likeness (QED) is 0.728. The molecule has 0 unspecified atom stereocenters. The maximum Gasteiger partial charge on any atom is 0.186 e. The molecule has 4 heteroatoms. The van der Waals surface area contributed by atoms with Gasteiger partial charge in [0, 0.05) is 13.1 Å². The first-order valence-corrected chi connectivity index (χ1v) is 7.25. The van der Waals surface area contributed by atoms with Gasteiger partial charge < -0.3 is 4.90 Å². The first kappa shape index (κ1) is 11.2. The second-order valence-corrected chi connectivity index (χ2v) is 6.36. The molecule has 2 aliphatic rings. The Morgan fingerprint density at radius 3 is 2.29 bits per heavy atom. The van der Waals surface area contributed by atoms with E-state index < -0.39 is 0 Å². The lowest BCUT2D eigenvalue weighted by Crippen LogP contribution is -2.27. The molecule has 2 fully saturated rings. The lowest BCUT2D eigenvalue weighted by molar-refractivity contribution is 0.112. The van der Waals surface area contributed by atoms with Gasteiger partial charge in [0.1, 0.15) is 0 Å². The number of thiazole rings is 1. The van der Waals surface area contributed by atoms with Crippen LogP contribution in [0.3, 0.4) is 0 Å². The van der Waals surface area contributed by atoms with Crippen LogP contribution >= 0.6 is 11.3 Å². The Balaban J connectivity index is 1.76. The van der Waals surface area contributed by atoms with Crippen LogP contribution in [0.15, 0.2) is 0 Å². The van der Waals surface area contributed by atoms with Crippen LogP contribution in [-0.2, 0) is 0 Å². The number of carbonyl (C=O) groups excluding carboxylic acids is 1. The van der Waals surface area contributed by atoms with Gasteiger partial charge in [-0.1, -0.05) is 11.3 Å². The molecule has 2 saturated carbocycles. The van der Waals surface area contributed by atoms with E-state index in [9.17, 15) is 4.79 Å². The van der Waals surface area contributed by atoms with Crippen molar-refractivity contribution in [2.24, 2.45) is 11.8 Å². The van der Waals surface area contributed by atoms with Crippen molar-refractivity contribution in [3.63, 3.8) is 0 Å². The zero-order chi connectivity index (χ0) is 11.8. The molecular formula is C13H18N2OS. The van der Waals surface area contributed by atoms with E-state index >= 15 is 0 Å². The number of rotatable bonds is 6. The molecule has 92 valence electrons. The van der Waals surface area contributed by atoms with Crippen molar-refractivity contribution < 1.29 is 4.79 Å². The summed E-state index contributed by atoms with van der Waals surface area (Å²) in [6.07, 6.45) is 6.40. The van der Waals surface area contributed by atoms with E-state index in [1.807, 2.05) is 6.92 Å². The molecule has 0 saturated heterocycles. The Hall–Kier alpha value is -0.900. The lowest BCUT2D eigenvalue weighted by Gasteiger charge is -2.21. The molecule has 0 bridgehead atoms. The fraction of sp³-hybridized carbons (Fsp3) is 0.692. The summed E-state index contributed by atoms with van der Waals surface area (Å²) < 4.78 is 0. The van der Waals surface area contributed by atoms with Gasteiger partial charge in [-0.2, -0.15) is 0 Å². The fourth-order valence-corrected chi connectivity index (χ4v) is 2.99. The third kappa shape index (κ3) is 2.68. The molecule has 1 heterocycles. The minimum absolute atomic E-state index is 0.789. The molecule has 1 aromatic heterocycles. The third-order valence-corrected chi connectivity index (χ3v) is 4.69. The number of anilines is 1. The van der Waals surface area contributed by atoms with Crippen LogP contribution in [0.5, 0.6) is 0 Å². The van der Waals surface area contributed by atoms with E-state index in [1.54, 1.807) is 11.3 Å². The summed E-state index contributed by atoms with van der Waals surface area (Å²) in [7, 11) is 0. The fourth-order valence-electron chi connectivity index (χ4n) is 2.09. The highest BCUT2D eigenvalue weighted by atomic mass is 32.1. The highest BCUT2D eigenvalue weighted by Gasteiger charge is 2.30. The van der Waals surface area contributed by atoms with Gasteiger partial charge in [0.2, 0.25) is 0 Å². The lowest BCUT2D eigenvalue weighted by atomic mass is 10.3. The van der Waals surface area contributed by atoms with Crippen molar-refractivity contribution in [3.8, 4) is 0 Å². The largest absolute Gasteiger partial charge is 0.348 e. The van der Waals surface area contributed by atoms with Gasteiger partial charge in [0.25, 0.3) is 0 Å². The van der Waals surface area contributed by atoms with E-state index in [0.717, 1.165) is 46.9 Å². The molecule has 0 radical (unpaired) electrons. The van der Waals surface area contributed by atoms with Crippen LogP contribution in [0, 0.1) is 18.8 Å². The first-order valence-electron chi connectivity index (χ1n) is 6.44. The molecule has 0 atom stereocenters. The minimum atomic E-state index is 0.789. The summed E-state index contributed by atoms with van der Waals surface area (Å²) in [5.41, 5.74) is 0.886. The first-order chi connectivity index (χ1) is 8.26.